The van der Waals surface area contributed by atoms with Gasteiger partial charge in [-0.25, -0.2) is 0 Å². The van der Waals surface area contributed by atoms with E-state index in [1.165, 1.54) is 11.1 Å². The number of rotatable bonds is 0. The lowest BCUT2D eigenvalue weighted by molar-refractivity contribution is 0.111. The Hall–Kier alpha value is -0.560. The zero-order valence-corrected chi connectivity index (χ0v) is 10.6. The predicted molar refractivity (Wildman–Crippen MR) is 63.4 cm³/mol. The molecule has 0 saturated carbocycles. The minimum absolute atomic E-state index is 0.127. The topological polar surface area (TPSA) is 3.24 Å². The van der Waals surface area contributed by atoms with Gasteiger partial charge in [-0.2, -0.15) is 0 Å². The molecule has 0 bridgehead atoms. The molecule has 0 aromatic rings. The van der Waals surface area contributed by atoms with E-state index < -0.39 is 0 Å². The van der Waals surface area contributed by atoms with Gasteiger partial charge >= 0.3 is 0 Å². The van der Waals surface area contributed by atoms with E-state index in [2.05, 4.69) is 65.6 Å². The molecule has 0 saturated heterocycles. The standard InChI is InChI=1S/C13H23N/c1-10-8-12(3,4)14(7)13(5,6)9-11(10)2/h8-9H,1-7H3. The minimum Gasteiger partial charge on any atom is -0.289 e. The first kappa shape index (κ1) is 11.5. The summed E-state index contributed by atoms with van der Waals surface area (Å²) in [5.74, 6) is 0. The molecule has 1 rings (SSSR count). The molecule has 1 nitrogen and oxygen atoms in total. The highest BCUT2D eigenvalue weighted by atomic mass is 15.2. The Balaban J connectivity index is 3.26. The molecule has 0 fully saturated rings. The van der Waals surface area contributed by atoms with Crippen LogP contribution in [0.4, 0.5) is 0 Å². The lowest BCUT2D eigenvalue weighted by atomic mass is 9.95. The van der Waals surface area contributed by atoms with Crippen LogP contribution in [0.15, 0.2) is 23.3 Å². The monoisotopic (exact) mass is 193 g/mol. The summed E-state index contributed by atoms with van der Waals surface area (Å²) in [6.45, 7) is 13.5. The fourth-order valence-electron chi connectivity index (χ4n) is 2.22. The van der Waals surface area contributed by atoms with Crippen molar-refractivity contribution >= 4 is 0 Å². The molecule has 0 atom stereocenters. The Bertz CT molecular complexity index is 262. The number of allylic oxidation sites excluding steroid dienone is 2. The molecular weight excluding hydrogens is 170 g/mol. The van der Waals surface area contributed by atoms with Crippen molar-refractivity contribution in [2.45, 2.75) is 52.6 Å². The summed E-state index contributed by atoms with van der Waals surface area (Å²) in [4.78, 5) is 2.42. The summed E-state index contributed by atoms with van der Waals surface area (Å²) < 4.78 is 0. The highest BCUT2D eigenvalue weighted by molar-refractivity contribution is 5.35. The summed E-state index contributed by atoms with van der Waals surface area (Å²) >= 11 is 0. The van der Waals surface area contributed by atoms with E-state index in [1.54, 1.807) is 0 Å². The second-order valence-electron chi connectivity index (χ2n) is 5.52. The second-order valence-corrected chi connectivity index (χ2v) is 5.52. The van der Waals surface area contributed by atoms with Gasteiger partial charge in [-0.1, -0.05) is 23.3 Å². The van der Waals surface area contributed by atoms with Gasteiger partial charge in [0.25, 0.3) is 0 Å². The maximum atomic E-state index is 2.42. The molecule has 1 aliphatic rings. The predicted octanol–water partition coefficient (Wildman–Crippen LogP) is 3.38. The first-order chi connectivity index (χ1) is 6.17. The van der Waals surface area contributed by atoms with Crippen molar-refractivity contribution in [3.8, 4) is 0 Å². The Labute approximate surface area is 88.5 Å². The van der Waals surface area contributed by atoms with Crippen LogP contribution >= 0.6 is 0 Å². The fraction of sp³-hybridized carbons (Fsp3) is 0.692. The second kappa shape index (κ2) is 3.23. The molecule has 1 heteroatoms. The molecule has 80 valence electrons. The van der Waals surface area contributed by atoms with Crippen LogP contribution in [-0.4, -0.2) is 23.0 Å². The summed E-state index contributed by atoms with van der Waals surface area (Å²) in [5, 5.41) is 0. The zero-order valence-electron chi connectivity index (χ0n) is 10.6. The molecule has 1 aliphatic heterocycles. The first-order valence-electron chi connectivity index (χ1n) is 5.30. The number of likely N-dealkylation sites (N-methyl/N-ethyl adjacent to an activating group) is 1. The van der Waals surface area contributed by atoms with E-state index >= 15 is 0 Å². The average Bonchev–Trinajstić information content (AvgIpc) is 2.03. The van der Waals surface area contributed by atoms with Gasteiger partial charge in [-0.05, 0) is 48.6 Å². The fourth-order valence-corrected chi connectivity index (χ4v) is 2.22. The SMILES string of the molecule is CC1=CC(C)(C)N(C)C(C)(C)C=C1C. The van der Waals surface area contributed by atoms with Crippen molar-refractivity contribution < 1.29 is 0 Å². The maximum absolute atomic E-state index is 2.42. The van der Waals surface area contributed by atoms with Crippen molar-refractivity contribution in [3.63, 3.8) is 0 Å². The quantitative estimate of drug-likeness (QED) is 0.570. The third-order valence-corrected chi connectivity index (χ3v) is 3.49. The Kier molecular flexibility index (Phi) is 2.66. The number of hydrogen-bond acceptors (Lipinski definition) is 1. The van der Waals surface area contributed by atoms with E-state index in [0.717, 1.165) is 0 Å². The highest BCUT2D eigenvalue weighted by Crippen LogP contribution is 2.32. The molecule has 0 aliphatic carbocycles. The average molecular weight is 193 g/mol. The third kappa shape index (κ3) is 1.93. The van der Waals surface area contributed by atoms with Gasteiger partial charge in [0.05, 0.1) is 0 Å². The van der Waals surface area contributed by atoms with Gasteiger partial charge in [0, 0.05) is 11.1 Å². The lowest BCUT2D eigenvalue weighted by Gasteiger charge is -2.42. The van der Waals surface area contributed by atoms with Crippen LogP contribution in [0.25, 0.3) is 0 Å². The van der Waals surface area contributed by atoms with Crippen molar-refractivity contribution in [3.05, 3.63) is 23.3 Å². The largest absolute Gasteiger partial charge is 0.289 e. The van der Waals surface area contributed by atoms with E-state index in [-0.39, 0.29) is 11.1 Å². The third-order valence-electron chi connectivity index (χ3n) is 3.49. The highest BCUT2D eigenvalue weighted by Gasteiger charge is 2.34. The van der Waals surface area contributed by atoms with Crippen molar-refractivity contribution in [2.24, 2.45) is 0 Å². The number of nitrogens with zero attached hydrogens (tertiary/aromatic N) is 1. The summed E-state index contributed by atoms with van der Waals surface area (Å²) in [6.07, 6.45) is 4.71. The van der Waals surface area contributed by atoms with Crippen LogP contribution < -0.4 is 0 Å². The van der Waals surface area contributed by atoms with Crippen LogP contribution in [0.5, 0.6) is 0 Å². The number of hydrogen-bond donors (Lipinski definition) is 0. The van der Waals surface area contributed by atoms with Crippen molar-refractivity contribution in [1.82, 2.24) is 4.90 Å². The molecule has 0 N–H and O–H groups in total. The summed E-state index contributed by atoms with van der Waals surface area (Å²) in [6, 6.07) is 0. The summed E-state index contributed by atoms with van der Waals surface area (Å²) in [5.41, 5.74) is 3.05. The lowest BCUT2D eigenvalue weighted by Crippen LogP contribution is -2.50. The van der Waals surface area contributed by atoms with Crippen molar-refractivity contribution in [1.29, 1.82) is 0 Å². The van der Waals surface area contributed by atoms with Crippen LogP contribution in [0.2, 0.25) is 0 Å². The Morgan fingerprint density at radius 2 is 1.14 bits per heavy atom. The van der Waals surface area contributed by atoms with E-state index in [9.17, 15) is 0 Å². The molecule has 0 amide bonds. The molecular formula is C13H23N. The van der Waals surface area contributed by atoms with Crippen molar-refractivity contribution in [2.75, 3.05) is 7.05 Å². The maximum Gasteiger partial charge on any atom is 0.0345 e. The molecule has 0 unspecified atom stereocenters. The van der Waals surface area contributed by atoms with E-state index in [4.69, 9.17) is 0 Å². The van der Waals surface area contributed by atoms with E-state index in [0.29, 0.717) is 0 Å². The Morgan fingerprint density at radius 1 is 0.857 bits per heavy atom. The summed E-state index contributed by atoms with van der Waals surface area (Å²) in [7, 11) is 2.19. The first-order valence-corrected chi connectivity index (χ1v) is 5.30. The Morgan fingerprint density at radius 3 is 1.43 bits per heavy atom. The van der Waals surface area contributed by atoms with Crippen LogP contribution in [0, 0.1) is 0 Å². The van der Waals surface area contributed by atoms with Crippen LogP contribution in [0.3, 0.4) is 0 Å². The molecule has 0 radical (unpaired) electrons. The van der Waals surface area contributed by atoms with Gasteiger partial charge in [-0.3, -0.25) is 4.90 Å². The van der Waals surface area contributed by atoms with Gasteiger partial charge in [-0.15, -0.1) is 0 Å². The zero-order chi connectivity index (χ0) is 11.1. The molecule has 0 aromatic heterocycles. The molecule has 14 heavy (non-hydrogen) atoms. The smallest absolute Gasteiger partial charge is 0.0345 e. The van der Waals surface area contributed by atoms with Crippen LogP contribution in [-0.2, 0) is 0 Å². The molecule has 1 heterocycles. The van der Waals surface area contributed by atoms with Gasteiger partial charge < -0.3 is 0 Å². The van der Waals surface area contributed by atoms with Gasteiger partial charge in [0.2, 0.25) is 0 Å². The molecule has 0 spiro atoms. The van der Waals surface area contributed by atoms with Crippen LogP contribution in [0.1, 0.15) is 41.5 Å². The van der Waals surface area contributed by atoms with Gasteiger partial charge in [0.15, 0.2) is 0 Å². The van der Waals surface area contributed by atoms with Gasteiger partial charge in [0.1, 0.15) is 0 Å². The minimum atomic E-state index is 0.127. The van der Waals surface area contributed by atoms with E-state index in [1.807, 2.05) is 0 Å². The normalized spacial score (nSPS) is 26.5. The molecule has 0 aromatic carbocycles.